The van der Waals surface area contributed by atoms with Gasteiger partial charge in [-0.3, -0.25) is 0 Å². The molecule has 0 aliphatic heterocycles. The molecule has 0 saturated carbocycles. The van der Waals surface area contributed by atoms with Crippen molar-refractivity contribution in [2.45, 2.75) is 27.2 Å². The van der Waals surface area contributed by atoms with Crippen LogP contribution in [0, 0.1) is 19.8 Å². The summed E-state index contributed by atoms with van der Waals surface area (Å²) in [6, 6.07) is 46.1. The molecule has 2 aromatic heterocycles. The van der Waals surface area contributed by atoms with Crippen LogP contribution in [0.5, 0.6) is 0 Å². The predicted octanol–water partition coefficient (Wildman–Crippen LogP) is 12.4. The van der Waals surface area contributed by atoms with Gasteiger partial charge in [-0.1, -0.05) is 110 Å². The molecule has 0 amide bonds. The van der Waals surface area contributed by atoms with E-state index < -0.39 is 0 Å². The zero-order chi connectivity index (χ0) is 34.9. The van der Waals surface area contributed by atoms with E-state index >= 15 is 0 Å². The molecule has 248 valence electrons. The molecule has 0 fully saturated rings. The summed E-state index contributed by atoms with van der Waals surface area (Å²) in [6.07, 6.45) is 7.61. The second-order valence-electron chi connectivity index (χ2n) is 14.2. The van der Waals surface area contributed by atoms with Gasteiger partial charge >= 0.3 is 0 Å². The molecule has 1 aliphatic carbocycles. The van der Waals surface area contributed by atoms with Gasteiger partial charge in [0.1, 0.15) is 0 Å². The van der Waals surface area contributed by atoms with Crippen molar-refractivity contribution in [1.29, 1.82) is 0 Å². The molecular weight excluding hydrogens is 633 g/mol. The van der Waals surface area contributed by atoms with Gasteiger partial charge in [0.05, 0.1) is 11.0 Å². The summed E-state index contributed by atoms with van der Waals surface area (Å²) < 4.78 is 2.43. The molecule has 10 rings (SSSR count). The van der Waals surface area contributed by atoms with Crippen molar-refractivity contribution in [3.63, 3.8) is 0 Å². The highest BCUT2D eigenvalue weighted by molar-refractivity contribution is 6.25. The average molecular weight is 669 g/mol. The summed E-state index contributed by atoms with van der Waals surface area (Å²) in [5.41, 5.74) is 9.00. The lowest BCUT2D eigenvalue weighted by atomic mass is 9.94. The number of aromatic nitrogens is 4. The summed E-state index contributed by atoms with van der Waals surface area (Å²) in [6.45, 7) is 6.63. The molecule has 7 aromatic carbocycles. The van der Waals surface area contributed by atoms with Crippen molar-refractivity contribution in [2.75, 3.05) is 0 Å². The lowest BCUT2D eigenvalue weighted by Gasteiger charge is -2.14. The van der Waals surface area contributed by atoms with E-state index in [2.05, 4.69) is 153 Å². The molecule has 4 heteroatoms. The molecule has 4 nitrogen and oxygen atoms in total. The van der Waals surface area contributed by atoms with E-state index in [1.807, 2.05) is 18.2 Å². The van der Waals surface area contributed by atoms with Gasteiger partial charge < -0.3 is 4.57 Å². The second-order valence-corrected chi connectivity index (χ2v) is 14.2. The fourth-order valence-corrected chi connectivity index (χ4v) is 7.97. The van der Waals surface area contributed by atoms with Crippen LogP contribution in [0.15, 0.2) is 146 Å². The Hall–Kier alpha value is -6.39. The second kappa shape index (κ2) is 11.9. The maximum Gasteiger partial charge on any atom is 0.164 e. The zero-order valence-electron chi connectivity index (χ0n) is 29.4. The van der Waals surface area contributed by atoms with Gasteiger partial charge in [0.2, 0.25) is 0 Å². The van der Waals surface area contributed by atoms with Gasteiger partial charge in [0.15, 0.2) is 17.5 Å². The summed E-state index contributed by atoms with van der Waals surface area (Å²) in [5.74, 6) is 2.56. The van der Waals surface area contributed by atoms with Crippen LogP contribution in [0.2, 0.25) is 0 Å². The highest BCUT2D eigenvalue weighted by atomic mass is 15.0. The fourth-order valence-electron chi connectivity index (χ4n) is 7.97. The molecule has 0 radical (unpaired) electrons. The minimum Gasteiger partial charge on any atom is -0.309 e. The van der Waals surface area contributed by atoms with Gasteiger partial charge in [-0.2, -0.15) is 0 Å². The molecule has 52 heavy (non-hydrogen) atoms. The fraction of sp³-hybridized carbons (Fsp3) is 0.104. The van der Waals surface area contributed by atoms with Gasteiger partial charge in [-0.25, -0.2) is 15.0 Å². The Kier molecular flexibility index (Phi) is 6.94. The van der Waals surface area contributed by atoms with E-state index in [4.69, 9.17) is 15.0 Å². The largest absolute Gasteiger partial charge is 0.309 e. The third kappa shape index (κ3) is 4.86. The number of aryl methyl sites for hydroxylation is 2. The molecule has 0 saturated heterocycles. The summed E-state index contributed by atoms with van der Waals surface area (Å²) in [7, 11) is 0. The lowest BCUT2D eigenvalue weighted by molar-refractivity contribution is 0.738. The van der Waals surface area contributed by atoms with Crippen molar-refractivity contribution in [2.24, 2.45) is 5.92 Å². The minimum atomic E-state index is 0.506. The molecule has 0 N–H and O–H groups in total. The average Bonchev–Trinajstić information content (AvgIpc) is 3.50. The summed E-state index contributed by atoms with van der Waals surface area (Å²) in [5, 5.41) is 10.0. The molecule has 1 unspecified atom stereocenters. The number of benzene rings is 7. The van der Waals surface area contributed by atoms with Gasteiger partial charge in [-0.15, -0.1) is 0 Å². The van der Waals surface area contributed by atoms with Crippen LogP contribution in [0.3, 0.4) is 0 Å². The maximum atomic E-state index is 5.10. The monoisotopic (exact) mass is 668 g/mol. The number of rotatable bonds is 4. The van der Waals surface area contributed by atoms with Crippen LogP contribution >= 0.6 is 0 Å². The van der Waals surface area contributed by atoms with Crippen molar-refractivity contribution in [3.05, 3.63) is 163 Å². The summed E-state index contributed by atoms with van der Waals surface area (Å²) in [4.78, 5) is 15.2. The van der Waals surface area contributed by atoms with Crippen molar-refractivity contribution in [3.8, 4) is 28.5 Å². The molecular formula is C48H36N4. The molecule has 0 spiro atoms. The number of allylic oxidation sites excluding steroid dienone is 4. The molecule has 1 aliphatic rings. The van der Waals surface area contributed by atoms with E-state index in [-0.39, 0.29) is 0 Å². The normalized spacial score (nSPS) is 14.6. The van der Waals surface area contributed by atoms with Crippen LogP contribution in [-0.4, -0.2) is 19.5 Å². The van der Waals surface area contributed by atoms with Crippen molar-refractivity contribution in [1.82, 2.24) is 19.5 Å². The third-order valence-electron chi connectivity index (χ3n) is 10.9. The minimum absolute atomic E-state index is 0.506. The highest BCUT2D eigenvalue weighted by Crippen LogP contribution is 2.40. The van der Waals surface area contributed by atoms with Gasteiger partial charge in [-0.05, 0) is 112 Å². The third-order valence-corrected chi connectivity index (χ3v) is 10.9. The first kappa shape index (κ1) is 30.4. The van der Waals surface area contributed by atoms with Gasteiger partial charge in [0.25, 0.3) is 0 Å². The molecule has 2 heterocycles. The van der Waals surface area contributed by atoms with Crippen LogP contribution < -0.4 is 0 Å². The van der Waals surface area contributed by atoms with E-state index in [0.29, 0.717) is 23.4 Å². The van der Waals surface area contributed by atoms with Crippen molar-refractivity contribution < 1.29 is 0 Å². The number of nitrogens with zero attached hydrogens (tertiary/aromatic N) is 4. The Morgan fingerprint density at radius 2 is 1.10 bits per heavy atom. The van der Waals surface area contributed by atoms with E-state index in [9.17, 15) is 0 Å². The Bertz CT molecular complexity index is 2930. The topological polar surface area (TPSA) is 43.6 Å². The smallest absolute Gasteiger partial charge is 0.164 e. The lowest BCUT2D eigenvalue weighted by Crippen LogP contribution is -2.04. The first-order chi connectivity index (χ1) is 25.5. The van der Waals surface area contributed by atoms with E-state index in [1.165, 1.54) is 59.7 Å². The van der Waals surface area contributed by atoms with E-state index in [1.54, 1.807) is 0 Å². The maximum absolute atomic E-state index is 5.10. The predicted molar refractivity (Wildman–Crippen MR) is 218 cm³/mol. The molecule has 0 bridgehead atoms. The number of fused-ring (bicyclic) bond motifs is 9. The Labute approximate surface area is 302 Å². The Balaban J connectivity index is 1.21. The zero-order valence-corrected chi connectivity index (χ0v) is 29.4. The van der Waals surface area contributed by atoms with E-state index in [0.717, 1.165) is 34.3 Å². The van der Waals surface area contributed by atoms with Crippen LogP contribution in [0.25, 0.3) is 88.2 Å². The SMILES string of the molecule is Cc1cc2c3cc(-c4nc(C5=CCC(C)C=C5)nc(-c5ccccc5)n4)ccc3n(-c3ccc4c5ccccc5c5ccccc5c4c3)c2cc1C. The number of hydrogen-bond donors (Lipinski definition) is 0. The van der Waals surface area contributed by atoms with Crippen LogP contribution in [-0.2, 0) is 0 Å². The summed E-state index contributed by atoms with van der Waals surface area (Å²) >= 11 is 0. The van der Waals surface area contributed by atoms with Crippen molar-refractivity contribution >= 4 is 59.7 Å². The first-order valence-electron chi connectivity index (χ1n) is 18.1. The van der Waals surface area contributed by atoms with Crippen LogP contribution in [0.1, 0.15) is 30.3 Å². The molecule has 1 atom stereocenters. The standard InChI is InChI=1S/C48H36N4/c1-29-17-19-33(20-18-29)47-49-46(32-11-5-4-6-12-32)50-48(51-47)34-21-24-44-43(27-34)42-25-30(2)31(3)26-45(42)52(44)35-22-23-40-38-15-8-7-13-36(38)37-14-9-10-16-39(37)41(40)28-35/h4-17,19-29H,18H2,1-3H3. The molecule has 9 aromatic rings. The Morgan fingerprint density at radius 3 is 1.79 bits per heavy atom. The van der Waals surface area contributed by atoms with Crippen LogP contribution in [0.4, 0.5) is 0 Å². The van der Waals surface area contributed by atoms with Gasteiger partial charge in [0, 0.05) is 33.2 Å². The first-order valence-corrected chi connectivity index (χ1v) is 18.1. The Morgan fingerprint density at radius 1 is 0.500 bits per heavy atom. The highest BCUT2D eigenvalue weighted by Gasteiger charge is 2.19. The number of hydrogen-bond acceptors (Lipinski definition) is 3. The quantitative estimate of drug-likeness (QED) is 0.175.